The molecule has 3 heterocycles. The Morgan fingerprint density at radius 3 is 2.77 bits per heavy atom. The molecule has 2 aromatic heterocycles. The minimum Gasteiger partial charge on any atom is -0.376 e. The lowest BCUT2D eigenvalue weighted by molar-refractivity contribution is -0.130. The molecule has 1 aliphatic heterocycles. The molecule has 2 unspecified atom stereocenters. The molecule has 2 atom stereocenters. The molecular weight excluding hydrogens is 458 g/mol. The Morgan fingerprint density at radius 1 is 1.20 bits per heavy atom. The topological polar surface area (TPSA) is 76.0 Å². The number of rotatable bonds is 9. The van der Waals surface area contributed by atoms with E-state index in [0.717, 1.165) is 52.5 Å². The van der Waals surface area contributed by atoms with Gasteiger partial charge in [0.1, 0.15) is 0 Å². The number of thioether (sulfide) groups is 1. The minimum absolute atomic E-state index is 0.0988. The predicted molar refractivity (Wildman–Crippen MR) is 139 cm³/mol. The van der Waals surface area contributed by atoms with Crippen molar-refractivity contribution in [2.75, 3.05) is 13.2 Å². The number of hydrogen-bond acceptors (Lipinski definition) is 5. The third-order valence-corrected chi connectivity index (χ3v) is 7.56. The molecule has 1 aliphatic rings. The number of amides is 1. The third-order valence-electron chi connectivity index (χ3n) is 6.50. The summed E-state index contributed by atoms with van der Waals surface area (Å²) in [6, 6.07) is 18.3. The Balaban J connectivity index is 1.41. The van der Waals surface area contributed by atoms with Crippen LogP contribution in [0.25, 0.3) is 22.3 Å². The maximum atomic E-state index is 13.4. The maximum Gasteiger partial charge on any atom is 0.236 e. The fourth-order valence-electron chi connectivity index (χ4n) is 4.60. The number of aromatic amines is 1. The quantitative estimate of drug-likeness (QED) is 0.330. The van der Waals surface area contributed by atoms with E-state index in [9.17, 15) is 4.79 Å². The van der Waals surface area contributed by atoms with Crippen molar-refractivity contribution in [2.24, 2.45) is 0 Å². The number of H-pyrrole nitrogens is 1. The molecule has 1 fully saturated rings. The van der Waals surface area contributed by atoms with Gasteiger partial charge in [0.15, 0.2) is 11.0 Å². The Bertz CT molecular complexity index is 1280. The van der Waals surface area contributed by atoms with Crippen molar-refractivity contribution in [1.82, 2.24) is 24.6 Å². The van der Waals surface area contributed by atoms with E-state index in [0.29, 0.717) is 19.6 Å². The van der Waals surface area contributed by atoms with Gasteiger partial charge in [-0.15, -0.1) is 10.2 Å². The molecule has 4 aromatic rings. The van der Waals surface area contributed by atoms with Gasteiger partial charge in [-0.3, -0.25) is 9.36 Å². The molecule has 8 heteroatoms. The lowest BCUT2D eigenvalue weighted by Crippen LogP contribution is -2.36. The number of carbonyl (C=O) groups excluding carboxylic acids is 1. The molecule has 0 radical (unpaired) electrons. The first-order valence-electron chi connectivity index (χ1n) is 12.2. The van der Waals surface area contributed by atoms with E-state index >= 15 is 0 Å². The Labute approximate surface area is 209 Å². The summed E-state index contributed by atoms with van der Waals surface area (Å²) < 4.78 is 8.08. The van der Waals surface area contributed by atoms with Crippen LogP contribution in [0.5, 0.6) is 0 Å². The molecule has 182 valence electrons. The summed E-state index contributed by atoms with van der Waals surface area (Å²) in [6.07, 6.45) is 4.20. The maximum absolute atomic E-state index is 13.4. The highest BCUT2D eigenvalue weighted by molar-refractivity contribution is 8.00. The zero-order chi connectivity index (χ0) is 24.2. The lowest BCUT2D eigenvalue weighted by atomic mass is 10.1. The van der Waals surface area contributed by atoms with E-state index < -0.39 is 0 Å². The van der Waals surface area contributed by atoms with Crippen LogP contribution in [0.4, 0.5) is 0 Å². The number of ether oxygens (including phenoxy) is 1. The Hall–Kier alpha value is -3.10. The van der Waals surface area contributed by atoms with Gasteiger partial charge in [0.25, 0.3) is 0 Å². The monoisotopic (exact) mass is 489 g/mol. The first-order valence-corrected chi connectivity index (χ1v) is 13.1. The van der Waals surface area contributed by atoms with Crippen LogP contribution in [0.2, 0.25) is 0 Å². The average Bonchev–Trinajstić information content (AvgIpc) is 3.64. The van der Waals surface area contributed by atoms with E-state index in [1.165, 1.54) is 11.8 Å². The van der Waals surface area contributed by atoms with E-state index in [4.69, 9.17) is 4.74 Å². The second-order valence-corrected chi connectivity index (χ2v) is 10.2. The lowest BCUT2D eigenvalue weighted by Gasteiger charge is -2.24. The molecule has 1 amide bonds. The average molecular weight is 490 g/mol. The van der Waals surface area contributed by atoms with Gasteiger partial charge < -0.3 is 14.6 Å². The summed E-state index contributed by atoms with van der Waals surface area (Å²) in [5, 5.41) is 10.7. The number of nitrogens with zero attached hydrogens (tertiary/aromatic N) is 4. The molecule has 0 saturated carbocycles. The summed E-state index contributed by atoms with van der Waals surface area (Å²) in [7, 11) is 0. The first kappa shape index (κ1) is 23.6. The van der Waals surface area contributed by atoms with E-state index in [1.807, 2.05) is 55.3 Å². The molecule has 1 saturated heterocycles. The molecule has 5 rings (SSSR count). The molecule has 1 N–H and O–H groups in total. The van der Waals surface area contributed by atoms with Gasteiger partial charge in [-0.2, -0.15) is 0 Å². The third kappa shape index (κ3) is 5.13. The van der Waals surface area contributed by atoms with Crippen molar-refractivity contribution < 1.29 is 9.53 Å². The van der Waals surface area contributed by atoms with Crippen LogP contribution in [0, 0.1) is 0 Å². The van der Waals surface area contributed by atoms with Gasteiger partial charge >= 0.3 is 0 Å². The molecule has 7 nitrogen and oxygen atoms in total. The fourth-order valence-corrected chi connectivity index (χ4v) is 5.55. The standard InChI is InChI=1S/C27H31N5O2S/c1-3-31(17-20-10-5-4-6-11-20)26(33)19(2)35-27-30-29-25(32(27)18-21-12-9-15-34-21)23-16-28-24-14-8-7-13-22(23)24/h4-8,10-11,13-14,16,19,21,28H,3,9,12,15,17-18H2,1-2H3. The fraction of sp³-hybridized carbons (Fsp3) is 0.370. The number of para-hydroxylation sites is 1. The van der Waals surface area contributed by atoms with Gasteiger partial charge in [-0.25, -0.2) is 0 Å². The highest BCUT2D eigenvalue weighted by atomic mass is 32.2. The molecule has 0 aliphatic carbocycles. The number of benzene rings is 2. The largest absolute Gasteiger partial charge is 0.376 e. The number of aromatic nitrogens is 4. The summed E-state index contributed by atoms with van der Waals surface area (Å²) >= 11 is 1.47. The highest BCUT2D eigenvalue weighted by Crippen LogP contribution is 2.33. The van der Waals surface area contributed by atoms with Crippen molar-refractivity contribution in [3.05, 3.63) is 66.4 Å². The van der Waals surface area contributed by atoms with E-state index in [1.54, 1.807) is 0 Å². The number of carbonyl (C=O) groups is 1. The second-order valence-electron chi connectivity index (χ2n) is 8.90. The van der Waals surface area contributed by atoms with E-state index in [-0.39, 0.29) is 17.3 Å². The molecule has 35 heavy (non-hydrogen) atoms. The Kier molecular flexibility index (Phi) is 7.20. The second kappa shape index (κ2) is 10.7. The van der Waals surface area contributed by atoms with Crippen LogP contribution < -0.4 is 0 Å². The van der Waals surface area contributed by atoms with Crippen LogP contribution in [-0.2, 0) is 22.6 Å². The molecular formula is C27H31N5O2S. The van der Waals surface area contributed by atoms with Gasteiger partial charge in [0.05, 0.1) is 17.9 Å². The SMILES string of the molecule is CCN(Cc1ccccc1)C(=O)C(C)Sc1nnc(-c2c[nH]c3ccccc23)n1CC1CCCO1. The van der Waals surface area contributed by atoms with E-state index in [2.05, 4.69) is 44.0 Å². The van der Waals surface area contributed by atoms with Gasteiger partial charge in [-0.1, -0.05) is 60.3 Å². The Morgan fingerprint density at radius 2 is 2.00 bits per heavy atom. The van der Waals surface area contributed by atoms with Gasteiger partial charge in [0.2, 0.25) is 5.91 Å². The van der Waals surface area contributed by atoms with Crippen molar-refractivity contribution in [3.8, 4) is 11.4 Å². The smallest absolute Gasteiger partial charge is 0.236 e. The minimum atomic E-state index is -0.290. The normalized spacial score (nSPS) is 16.6. The van der Waals surface area contributed by atoms with Gasteiger partial charge in [-0.05, 0) is 38.3 Å². The molecule has 0 spiro atoms. The summed E-state index contributed by atoms with van der Waals surface area (Å²) in [5.41, 5.74) is 3.20. The molecule has 2 aromatic carbocycles. The van der Waals surface area contributed by atoms with Gasteiger partial charge in [0, 0.05) is 42.4 Å². The van der Waals surface area contributed by atoms with Crippen molar-refractivity contribution in [2.45, 2.75) is 56.3 Å². The van der Waals surface area contributed by atoms with Crippen molar-refractivity contribution >= 4 is 28.6 Å². The summed E-state index contributed by atoms with van der Waals surface area (Å²) in [6.45, 7) is 6.70. The number of hydrogen-bond donors (Lipinski definition) is 1. The summed E-state index contributed by atoms with van der Waals surface area (Å²) in [4.78, 5) is 18.6. The van der Waals surface area contributed by atoms with Crippen LogP contribution in [0.15, 0.2) is 66.0 Å². The van der Waals surface area contributed by atoms with Crippen LogP contribution in [-0.4, -0.2) is 55.1 Å². The van der Waals surface area contributed by atoms with Crippen LogP contribution in [0.3, 0.4) is 0 Å². The zero-order valence-corrected chi connectivity index (χ0v) is 21.0. The van der Waals surface area contributed by atoms with Crippen LogP contribution in [0.1, 0.15) is 32.3 Å². The van der Waals surface area contributed by atoms with Crippen molar-refractivity contribution in [3.63, 3.8) is 0 Å². The first-order chi connectivity index (χ1) is 17.1. The zero-order valence-electron chi connectivity index (χ0n) is 20.2. The predicted octanol–water partition coefficient (Wildman–Crippen LogP) is 5.13. The molecule has 0 bridgehead atoms. The van der Waals surface area contributed by atoms with Crippen molar-refractivity contribution in [1.29, 1.82) is 0 Å². The highest BCUT2D eigenvalue weighted by Gasteiger charge is 2.27. The number of nitrogens with one attached hydrogen (secondary N) is 1. The van der Waals surface area contributed by atoms with Crippen LogP contribution >= 0.6 is 11.8 Å². The number of fused-ring (bicyclic) bond motifs is 1. The summed E-state index contributed by atoms with van der Waals surface area (Å²) in [5.74, 6) is 0.901.